The summed E-state index contributed by atoms with van der Waals surface area (Å²) in [6, 6.07) is 1.34. The Kier molecular flexibility index (Phi) is 4.32. The Balaban J connectivity index is 1.56. The van der Waals surface area contributed by atoms with E-state index in [1.165, 1.54) is 32.2 Å². The molecule has 2 saturated heterocycles. The van der Waals surface area contributed by atoms with Crippen LogP contribution in [0.15, 0.2) is 0 Å². The van der Waals surface area contributed by atoms with Crippen molar-refractivity contribution in [2.45, 2.75) is 70.0 Å². The van der Waals surface area contributed by atoms with Crippen LogP contribution in [0.5, 0.6) is 0 Å². The number of fused-ring (bicyclic) bond motifs is 1. The number of carbonyl (C=O) groups is 1. The summed E-state index contributed by atoms with van der Waals surface area (Å²) in [4.78, 5) is 17.4. The first kappa shape index (κ1) is 14.3. The normalized spacial score (nSPS) is 38.8. The molecule has 0 bridgehead atoms. The summed E-state index contributed by atoms with van der Waals surface area (Å²) < 4.78 is 0. The molecule has 0 spiro atoms. The molecule has 3 aliphatic rings. The van der Waals surface area contributed by atoms with E-state index in [-0.39, 0.29) is 0 Å². The Labute approximate surface area is 122 Å². The van der Waals surface area contributed by atoms with E-state index in [0.29, 0.717) is 30.0 Å². The first-order chi connectivity index (χ1) is 9.63. The second kappa shape index (κ2) is 6.02. The lowest BCUT2D eigenvalue weighted by molar-refractivity contribution is -0.138. The minimum absolute atomic E-state index is 0.325. The predicted molar refractivity (Wildman–Crippen MR) is 80.3 cm³/mol. The molecule has 2 N–H and O–H groups in total. The van der Waals surface area contributed by atoms with Crippen LogP contribution < -0.4 is 5.73 Å². The van der Waals surface area contributed by atoms with Gasteiger partial charge < -0.3 is 10.6 Å². The Morgan fingerprint density at radius 3 is 2.85 bits per heavy atom. The van der Waals surface area contributed by atoms with E-state index in [4.69, 9.17) is 5.73 Å². The van der Waals surface area contributed by atoms with Gasteiger partial charge in [0, 0.05) is 37.6 Å². The summed E-state index contributed by atoms with van der Waals surface area (Å²) in [7, 11) is 0. The van der Waals surface area contributed by atoms with Crippen LogP contribution in [0.3, 0.4) is 0 Å². The molecule has 114 valence electrons. The van der Waals surface area contributed by atoms with Crippen molar-refractivity contribution in [2.75, 3.05) is 19.6 Å². The molecule has 4 heteroatoms. The fourth-order valence-corrected chi connectivity index (χ4v) is 4.42. The average Bonchev–Trinajstić information content (AvgIpc) is 2.84. The molecule has 3 rings (SSSR count). The number of amides is 1. The number of nitrogens with two attached hydrogens (primary N) is 1. The van der Waals surface area contributed by atoms with Crippen molar-refractivity contribution in [1.82, 2.24) is 9.80 Å². The van der Waals surface area contributed by atoms with E-state index >= 15 is 0 Å². The molecule has 4 nitrogen and oxygen atoms in total. The molecule has 4 unspecified atom stereocenters. The molecular formula is C16H29N3O. The van der Waals surface area contributed by atoms with Gasteiger partial charge in [-0.15, -0.1) is 0 Å². The fraction of sp³-hybridized carbons (Fsp3) is 0.938. The topological polar surface area (TPSA) is 49.6 Å². The van der Waals surface area contributed by atoms with Crippen LogP contribution in [-0.4, -0.2) is 53.5 Å². The highest BCUT2D eigenvalue weighted by molar-refractivity contribution is 5.77. The molecule has 0 aromatic carbocycles. The number of hydrogen-bond donors (Lipinski definition) is 1. The number of carbonyl (C=O) groups excluding carboxylic acids is 1. The first-order valence-electron chi connectivity index (χ1n) is 8.42. The SMILES string of the molecule is CC1CN2CCCC2CN1C(=O)CC1CCCC(N)C1. The molecule has 1 amide bonds. The van der Waals surface area contributed by atoms with Gasteiger partial charge in [0.25, 0.3) is 0 Å². The van der Waals surface area contributed by atoms with Gasteiger partial charge in [-0.2, -0.15) is 0 Å². The number of hydrogen-bond acceptors (Lipinski definition) is 3. The fourth-order valence-electron chi connectivity index (χ4n) is 4.42. The van der Waals surface area contributed by atoms with Crippen LogP contribution in [0.25, 0.3) is 0 Å². The van der Waals surface area contributed by atoms with E-state index in [0.717, 1.165) is 32.4 Å². The maximum atomic E-state index is 12.6. The first-order valence-corrected chi connectivity index (χ1v) is 8.42. The van der Waals surface area contributed by atoms with Gasteiger partial charge in [-0.3, -0.25) is 9.69 Å². The van der Waals surface area contributed by atoms with Gasteiger partial charge in [-0.25, -0.2) is 0 Å². The third-order valence-electron chi connectivity index (χ3n) is 5.54. The molecule has 4 atom stereocenters. The highest BCUT2D eigenvalue weighted by Crippen LogP contribution is 2.29. The molecular weight excluding hydrogens is 250 g/mol. The second-order valence-corrected chi connectivity index (χ2v) is 7.18. The van der Waals surface area contributed by atoms with Crippen molar-refractivity contribution < 1.29 is 4.79 Å². The number of nitrogens with zero attached hydrogens (tertiary/aromatic N) is 2. The minimum atomic E-state index is 0.325. The zero-order chi connectivity index (χ0) is 14.1. The van der Waals surface area contributed by atoms with Gasteiger partial charge in [0.05, 0.1) is 0 Å². The van der Waals surface area contributed by atoms with Crippen LogP contribution in [-0.2, 0) is 4.79 Å². The number of piperazine rings is 1. The Morgan fingerprint density at radius 2 is 2.05 bits per heavy atom. The summed E-state index contributed by atoms with van der Waals surface area (Å²) in [6.07, 6.45) is 7.88. The molecule has 0 radical (unpaired) electrons. The minimum Gasteiger partial charge on any atom is -0.337 e. The lowest BCUT2D eigenvalue weighted by atomic mass is 9.83. The molecule has 1 aliphatic carbocycles. The highest BCUT2D eigenvalue weighted by atomic mass is 16.2. The monoisotopic (exact) mass is 279 g/mol. The number of rotatable bonds is 2. The zero-order valence-corrected chi connectivity index (χ0v) is 12.8. The van der Waals surface area contributed by atoms with Gasteiger partial charge in [0.1, 0.15) is 0 Å². The standard InChI is InChI=1S/C16H29N3O/c1-12-10-18-7-3-6-15(18)11-19(12)16(20)9-13-4-2-5-14(17)8-13/h12-15H,2-11,17H2,1H3. The third kappa shape index (κ3) is 3.01. The van der Waals surface area contributed by atoms with Crippen LogP contribution in [0.1, 0.15) is 51.9 Å². The largest absolute Gasteiger partial charge is 0.337 e. The van der Waals surface area contributed by atoms with Crippen LogP contribution >= 0.6 is 0 Å². The van der Waals surface area contributed by atoms with Gasteiger partial charge in [0.15, 0.2) is 0 Å². The molecule has 0 aromatic heterocycles. The predicted octanol–water partition coefficient (Wildman–Crippen LogP) is 1.59. The summed E-state index contributed by atoms with van der Waals surface area (Å²) in [6.45, 7) is 5.47. The quantitative estimate of drug-likeness (QED) is 0.835. The van der Waals surface area contributed by atoms with Crippen molar-refractivity contribution >= 4 is 5.91 Å². The van der Waals surface area contributed by atoms with Crippen molar-refractivity contribution in [1.29, 1.82) is 0 Å². The Morgan fingerprint density at radius 1 is 1.20 bits per heavy atom. The van der Waals surface area contributed by atoms with Crippen molar-refractivity contribution in [3.63, 3.8) is 0 Å². The lowest BCUT2D eigenvalue weighted by Gasteiger charge is -2.43. The molecule has 2 aliphatic heterocycles. The highest BCUT2D eigenvalue weighted by Gasteiger charge is 2.37. The van der Waals surface area contributed by atoms with E-state index in [1.807, 2.05) is 0 Å². The second-order valence-electron chi connectivity index (χ2n) is 7.18. The van der Waals surface area contributed by atoms with E-state index < -0.39 is 0 Å². The van der Waals surface area contributed by atoms with Crippen molar-refractivity contribution in [3.8, 4) is 0 Å². The van der Waals surface area contributed by atoms with Gasteiger partial charge >= 0.3 is 0 Å². The molecule has 0 aromatic rings. The van der Waals surface area contributed by atoms with Crippen LogP contribution in [0.4, 0.5) is 0 Å². The molecule has 2 heterocycles. The van der Waals surface area contributed by atoms with Crippen molar-refractivity contribution in [3.05, 3.63) is 0 Å². The van der Waals surface area contributed by atoms with Gasteiger partial charge in [-0.05, 0) is 51.5 Å². The molecule has 20 heavy (non-hydrogen) atoms. The van der Waals surface area contributed by atoms with E-state index in [2.05, 4.69) is 16.7 Å². The van der Waals surface area contributed by atoms with Crippen LogP contribution in [0.2, 0.25) is 0 Å². The maximum absolute atomic E-state index is 12.6. The summed E-state index contributed by atoms with van der Waals surface area (Å²) >= 11 is 0. The van der Waals surface area contributed by atoms with Crippen LogP contribution in [0, 0.1) is 5.92 Å². The van der Waals surface area contributed by atoms with Gasteiger partial charge in [0.2, 0.25) is 5.91 Å². The molecule has 1 saturated carbocycles. The Hall–Kier alpha value is -0.610. The smallest absolute Gasteiger partial charge is 0.223 e. The zero-order valence-electron chi connectivity index (χ0n) is 12.8. The summed E-state index contributed by atoms with van der Waals surface area (Å²) in [5.41, 5.74) is 6.05. The lowest BCUT2D eigenvalue weighted by Crippen LogP contribution is -2.57. The van der Waals surface area contributed by atoms with Crippen molar-refractivity contribution in [2.24, 2.45) is 11.7 Å². The maximum Gasteiger partial charge on any atom is 0.223 e. The summed E-state index contributed by atoms with van der Waals surface area (Å²) in [5, 5.41) is 0. The average molecular weight is 279 g/mol. The molecule has 3 fully saturated rings. The van der Waals surface area contributed by atoms with E-state index in [9.17, 15) is 4.79 Å². The van der Waals surface area contributed by atoms with E-state index in [1.54, 1.807) is 0 Å². The Bertz CT molecular complexity index is 360. The van der Waals surface area contributed by atoms with Gasteiger partial charge in [-0.1, -0.05) is 6.42 Å². The summed E-state index contributed by atoms with van der Waals surface area (Å²) in [5.74, 6) is 0.906. The third-order valence-corrected chi connectivity index (χ3v) is 5.54.